The largest absolute Gasteiger partial charge is 0.490 e. The van der Waals surface area contributed by atoms with Crippen molar-refractivity contribution < 1.29 is 50.5 Å². The van der Waals surface area contributed by atoms with E-state index < -0.39 is 34.1 Å². The lowest BCUT2D eigenvalue weighted by molar-refractivity contribution is -0.192. The molecule has 0 spiro atoms. The molecule has 2 unspecified atom stereocenters. The number of carbonyl (C=O) groups is 2. The summed E-state index contributed by atoms with van der Waals surface area (Å²) in [6, 6.07) is 2.74. The predicted octanol–water partition coefficient (Wildman–Crippen LogP) is 0.857. The van der Waals surface area contributed by atoms with Gasteiger partial charge in [-0.1, -0.05) is 0 Å². The van der Waals surface area contributed by atoms with Crippen LogP contribution in [0, 0.1) is 17.8 Å². The number of pyridine rings is 1. The minimum Gasteiger partial charge on any atom is -0.481 e. The lowest BCUT2D eigenvalue weighted by Gasteiger charge is -2.18. The van der Waals surface area contributed by atoms with Gasteiger partial charge < -0.3 is 20.7 Å². The molecule has 1 aliphatic carbocycles. The second kappa shape index (κ2) is 9.79. The molecule has 2 fully saturated rings. The van der Waals surface area contributed by atoms with E-state index in [0.29, 0.717) is 6.33 Å². The fourth-order valence-electron chi connectivity index (χ4n) is 3.11. The Balaban J connectivity index is 0.000000451. The number of aliphatic carboxylic acids is 2. The van der Waals surface area contributed by atoms with Gasteiger partial charge in [0, 0.05) is 31.3 Å². The highest BCUT2D eigenvalue weighted by molar-refractivity contribution is 7.89. The molecule has 1 aromatic heterocycles. The first kappa shape index (κ1) is 25.5. The summed E-state index contributed by atoms with van der Waals surface area (Å²) < 4.78 is 75.8. The molecule has 0 bridgehead atoms. The lowest BCUT2D eigenvalue weighted by atomic mass is 10.3. The number of rotatable bonds is 7. The van der Waals surface area contributed by atoms with E-state index in [-0.39, 0.29) is 54.4 Å². The number of aromatic nitrogens is 1. The smallest absolute Gasteiger partial charge is 0.481 e. The molecule has 1 saturated heterocycles. The number of carboxylic acids is 2. The van der Waals surface area contributed by atoms with Crippen LogP contribution in [0.1, 0.15) is 0 Å². The zero-order valence-electron chi connectivity index (χ0n) is 16.2. The van der Waals surface area contributed by atoms with Gasteiger partial charge in [0.05, 0.1) is 18.4 Å². The van der Waals surface area contributed by atoms with Crippen LogP contribution in [0.4, 0.5) is 17.6 Å². The number of hydrogen-bond donors (Lipinski definition) is 3. The van der Waals surface area contributed by atoms with Crippen LogP contribution in [0.3, 0.4) is 0 Å². The number of carboxylic acid groups (broad SMARTS) is 2. The van der Waals surface area contributed by atoms with Gasteiger partial charge in [-0.05, 0) is 17.9 Å². The minimum absolute atomic E-state index is 0.00751. The maximum atomic E-state index is 12.6. The Morgan fingerprint density at radius 3 is 2.19 bits per heavy atom. The molecule has 2 aliphatic rings. The first-order chi connectivity index (χ1) is 14.8. The second-order valence-electron chi connectivity index (χ2n) is 6.91. The molecule has 2 heterocycles. The van der Waals surface area contributed by atoms with E-state index in [4.69, 9.17) is 25.5 Å². The molecule has 0 radical (unpaired) electrons. The van der Waals surface area contributed by atoms with Gasteiger partial charge in [-0.25, -0.2) is 22.6 Å². The second-order valence-corrected chi connectivity index (χ2v) is 8.85. The van der Waals surface area contributed by atoms with E-state index in [2.05, 4.69) is 4.98 Å². The van der Waals surface area contributed by atoms with Crippen molar-refractivity contribution >= 4 is 22.0 Å². The van der Waals surface area contributed by atoms with Crippen molar-refractivity contribution in [2.45, 2.75) is 11.1 Å². The van der Waals surface area contributed by atoms with Gasteiger partial charge in [0.1, 0.15) is 11.5 Å². The van der Waals surface area contributed by atoms with E-state index in [1.807, 2.05) is 0 Å². The summed E-state index contributed by atoms with van der Waals surface area (Å²) in [5, 5.41) is 16.1. The average Bonchev–Trinajstić information content (AvgIpc) is 3.23. The molecule has 3 rings (SSSR count). The number of piperidine rings is 1. The number of alkyl halides is 3. The standard InChI is InChI=1S/C15H18FN3O5S.C2HF3O2/c16-3-9(4-17)8-24-13-2-1-10(5-18-13)25(22,23)19-6-11-12(7-19)14(11)15(20)21;3-2(4,5)1(6)7/h1-3,5,11-12,14H,4,6-8,17H2,(H,20,21);(H,6,7)/b9-3-;. The Bertz CT molecular complexity index is 971. The maximum Gasteiger partial charge on any atom is 0.490 e. The molecule has 178 valence electrons. The third-order valence-corrected chi connectivity index (χ3v) is 6.67. The molecular weight excluding hydrogens is 466 g/mol. The minimum atomic E-state index is -5.08. The maximum absolute atomic E-state index is 12.6. The van der Waals surface area contributed by atoms with Crippen LogP contribution >= 0.6 is 0 Å². The Labute approximate surface area is 179 Å². The number of nitrogens with two attached hydrogens (primary N) is 1. The number of fused-ring (bicyclic) bond motifs is 1. The van der Waals surface area contributed by atoms with E-state index in [1.165, 1.54) is 22.6 Å². The van der Waals surface area contributed by atoms with Crippen molar-refractivity contribution in [1.82, 2.24) is 9.29 Å². The molecule has 10 nitrogen and oxygen atoms in total. The molecule has 0 amide bonds. The zero-order valence-corrected chi connectivity index (χ0v) is 17.0. The monoisotopic (exact) mass is 485 g/mol. The first-order valence-corrected chi connectivity index (χ1v) is 10.4. The van der Waals surface area contributed by atoms with Crippen molar-refractivity contribution in [3.05, 3.63) is 30.2 Å². The highest BCUT2D eigenvalue weighted by Gasteiger charge is 2.61. The van der Waals surface area contributed by atoms with E-state index in [9.17, 15) is 30.8 Å². The van der Waals surface area contributed by atoms with E-state index in [1.54, 1.807) is 0 Å². The molecule has 15 heteroatoms. The highest BCUT2D eigenvalue weighted by Crippen LogP contribution is 2.52. The van der Waals surface area contributed by atoms with Crippen LogP contribution in [-0.4, -0.2) is 72.3 Å². The van der Waals surface area contributed by atoms with Gasteiger partial charge in [-0.15, -0.1) is 0 Å². The van der Waals surface area contributed by atoms with Gasteiger partial charge in [-0.2, -0.15) is 17.5 Å². The summed E-state index contributed by atoms with van der Waals surface area (Å²) in [5.74, 6) is -4.11. The first-order valence-electron chi connectivity index (χ1n) is 8.93. The van der Waals surface area contributed by atoms with Crippen LogP contribution < -0.4 is 10.5 Å². The molecule has 1 aliphatic heterocycles. The fourth-order valence-corrected chi connectivity index (χ4v) is 4.57. The topological polar surface area (TPSA) is 160 Å². The zero-order chi connectivity index (χ0) is 24.3. The Morgan fingerprint density at radius 1 is 1.25 bits per heavy atom. The van der Waals surface area contributed by atoms with Crippen molar-refractivity contribution in [3.8, 4) is 5.88 Å². The van der Waals surface area contributed by atoms with Gasteiger partial charge in [0.15, 0.2) is 0 Å². The fraction of sp³-hybridized carbons (Fsp3) is 0.471. The van der Waals surface area contributed by atoms with Gasteiger partial charge in [-0.3, -0.25) is 4.79 Å². The summed E-state index contributed by atoms with van der Waals surface area (Å²) in [5.41, 5.74) is 5.56. The number of ether oxygens (including phenoxy) is 1. The summed E-state index contributed by atoms with van der Waals surface area (Å²) in [7, 11) is -3.72. The van der Waals surface area contributed by atoms with Crippen LogP contribution in [-0.2, 0) is 19.6 Å². The number of sulfonamides is 1. The number of hydrogen-bond acceptors (Lipinski definition) is 7. The average molecular weight is 485 g/mol. The Morgan fingerprint density at radius 2 is 1.81 bits per heavy atom. The lowest BCUT2D eigenvalue weighted by Crippen LogP contribution is -2.32. The normalized spacial score (nSPS) is 23.0. The van der Waals surface area contributed by atoms with Gasteiger partial charge in [0.2, 0.25) is 15.9 Å². The molecule has 1 saturated carbocycles. The Kier molecular flexibility index (Phi) is 7.79. The van der Waals surface area contributed by atoms with E-state index >= 15 is 0 Å². The number of halogens is 4. The summed E-state index contributed by atoms with van der Waals surface area (Å²) in [6.45, 7) is 0.364. The molecule has 32 heavy (non-hydrogen) atoms. The predicted molar refractivity (Wildman–Crippen MR) is 98.5 cm³/mol. The van der Waals surface area contributed by atoms with Crippen molar-refractivity contribution in [2.75, 3.05) is 26.2 Å². The highest BCUT2D eigenvalue weighted by atomic mass is 32.2. The summed E-state index contributed by atoms with van der Waals surface area (Å²) >= 11 is 0. The third kappa shape index (κ3) is 5.92. The van der Waals surface area contributed by atoms with Crippen LogP contribution in [0.2, 0.25) is 0 Å². The van der Waals surface area contributed by atoms with Gasteiger partial charge >= 0.3 is 18.1 Å². The van der Waals surface area contributed by atoms with Crippen molar-refractivity contribution in [2.24, 2.45) is 23.5 Å². The number of nitrogens with zero attached hydrogens (tertiary/aromatic N) is 2. The van der Waals surface area contributed by atoms with Crippen LogP contribution in [0.5, 0.6) is 5.88 Å². The summed E-state index contributed by atoms with van der Waals surface area (Å²) in [4.78, 5) is 23.8. The molecule has 4 N–H and O–H groups in total. The SMILES string of the molecule is NC/C(=C/F)COc1ccc(S(=O)(=O)N2CC3C(C2)C3C(=O)O)cn1.O=C(O)C(F)(F)F. The molecule has 0 aromatic carbocycles. The quantitative estimate of drug-likeness (QED) is 0.476. The van der Waals surface area contributed by atoms with Crippen molar-refractivity contribution in [1.29, 1.82) is 0 Å². The molecule has 1 aromatic rings. The molecular formula is C17H19F4N3O7S. The summed E-state index contributed by atoms with van der Waals surface area (Å²) in [6.07, 6.45) is -3.55. The third-order valence-electron chi connectivity index (χ3n) is 4.86. The van der Waals surface area contributed by atoms with Gasteiger partial charge in [0.25, 0.3) is 0 Å². The Hall–Kier alpha value is -2.78. The molecule has 2 atom stereocenters. The van der Waals surface area contributed by atoms with Crippen molar-refractivity contribution in [3.63, 3.8) is 0 Å². The van der Waals surface area contributed by atoms with E-state index in [0.717, 1.165) is 0 Å². The van der Waals surface area contributed by atoms with Crippen LogP contribution in [0.15, 0.2) is 35.1 Å². The van der Waals surface area contributed by atoms with Crippen LogP contribution in [0.25, 0.3) is 0 Å².